The fourth-order valence-electron chi connectivity index (χ4n) is 1.50. The van der Waals surface area contributed by atoms with Gasteiger partial charge in [0.05, 0.1) is 5.60 Å². The molecule has 106 valence electrons. The fraction of sp³-hybridized carbons (Fsp3) is 0.900. The van der Waals surface area contributed by atoms with E-state index >= 15 is 0 Å². The Bertz CT molecular complexity index is 277. The lowest BCUT2D eigenvalue weighted by Crippen LogP contribution is -2.47. The van der Waals surface area contributed by atoms with E-state index in [4.69, 9.17) is 4.74 Å². The van der Waals surface area contributed by atoms with Crippen LogP contribution in [0.4, 0.5) is 13.2 Å². The number of carbonyl (C=O) groups excluding carboxylic acids is 1. The molecule has 0 bridgehead atoms. The van der Waals surface area contributed by atoms with E-state index in [9.17, 15) is 23.1 Å². The van der Waals surface area contributed by atoms with Crippen molar-refractivity contribution in [1.29, 1.82) is 0 Å². The molecule has 0 aromatic heterocycles. The van der Waals surface area contributed by atoms with Gasteiger partial charge >= 0.3 is 6.18 Å². The van der Waals surface area contributed by atoms with Crippen LogP contribution in [-0.2, 0) is 14.3 Å². The van der Waals surface area contributed by atoms with Gasteiger partial charge in [0, 0.05) is 32.6 Å². The fourth-order valence-corrected chi connectivity index (χ4v) is 1.50. The van der Waals surface area contributed by atoms with Crippen LogP contribution in [0.3, 0.4) is 0 Å². The standard InChI is InChI=1S/C10H16F3NO4/c11-10(12,13)7-18-5-8(15)14-6-9(16)1-3-17-4-2-9/h16H,1-7H2,(H,14,15). The smallest absolute Gasteiger partial charge is 0.388 e. The zero-order valence-electron chi connectivity index (χ0n) is 9.76. The predicted molar refractivity (Wildman–Crippen MR) is 54.9 cm³/mol. The first-order chi connectivity index (χ1) is 8.31. The number of hydrogen-bond acceptors (Lipinski definition) is 4. The van der Waals surface area contributed by atoms with E-state index in [0.717, 1.165) is 0 Å². The summed E-state index contributed by atoms with van der Waals surface area (Å²) >= 11 is 0. The Hall–Kier alpha value is -0.860. The van der Waals surface area contributed by atoms with E-state index in [2.05, 4.69) is 10.1 Å². The number of rotatable bonds is 5. The monoisotopic (exact) mass is 271 g/mol. The summed E-state index contributed by atoms with van der Waals surface area (Å²) in [6, 6.07) is 0. The number of alkyl halides is 3. The van der Waals surface area contributed by atoms with E-state index in [1.807, 2.05) is 0 Å². The van der Waals surface area contributed by atoms with E-state index in [-0.39, 0.29) is 6.54 Å². The van der Waals surface area contributed by atoms with Crippen LogP contribution < -0.4 is 5.32 Å². The van der Waals surface area contributed by atoms with Gasteiger partial charge in [0.2, 0.25) is 5.91 Å². The lowest BCUT2D eigenvalue weighted by Gasteiger charge is -2.32. The molecule has 8 heteroatoms. The molecule has 1 aliphatic rings. The SMILES string of the molecule is O=C(COCC(F)(F)F)NCC1(O)CCOCC1. The second kappa shape index (κ2) is 6.35. The molecular formula is C10H16F3NO4. The quantitative estimate of drug-likeness (QED) is 0.751. The zero-order valence-corrected chi connectivity index (χ0v) is 9.76. The van der Waals surface area contributed by atoms with Crippen molar-refractivity contribution >= 4 is 5.91 Å². The Morgan fingerprint density at radius 1 is 1.39 bits per heavy atom. The van der Waals surface area contributed by atoms with Crippen LogP contribution in [-0.4, -0.2) is 55.8 Å². The van der Waals surface area contributed by atoms with Gasteiger partial charge in [-0.15, -0.1) is 0 Å². The molecule has 1 aliphatic heterocycles. The number of nitrogens with one attached hydrogen (secondary N) is 1. The van der Waals surface area contributed by atoms with E-state index in [1.165, 1.54) is 0 Å². The number of amides is 1. The molecule has 0 aliphatic carbocycles. The Labute approximate surface area is 102 Å². The maximum absolute atomic E-state index is 11.7. The maximum Gasteiger partial charge on any atom is 0.411 e. The average molecular weight is 271 g/mol. The molecule has 1 saturated heterocycles. The van der Waals surface area contributed by atoms with Gasteiger partial charge < -0.3 is 19.9 Å². The summed E-state index contributed by atoms with van der Waals surface area (Å²) in [4.78, 5) is 11.2. The third-order valence-electron chi connectivity index (χ3n) is 2.54. The van der Waals surface area contributed by atoms with E-state index in [1.54, 1.807) is 0 Å². The van der Waals surface area contributed by atoms with Crippen LogP contribution in [0.25, 0.3) is 0 Å². The topological polar surface area (TPSA) is 67.8 Å². The van der Waals surface area contributed by atoms with Gasteiger partial charge in [0.15, 0.2) is 0 Å². The summed E-state index contributed by atoms with van der Waals surface area (Å²) in [5.41, 5.74) is -1.04. The first-order valence-electron chi connectivity index (χ1n) is 5.52. The molecule has 18 heavy (non-hydrogen) atoms. The number of carbonyl (C=O) groups is 1. The summed E-state index contributed by atoms with van der Waals surface area (Å²) in [7, 11) is 0. The Kier molecular flexibility index (Phi) is 5.36. The third kappa shape index (κ3) is 6.18. The molecule has 0 saturated carbocycles. The number of hydrogen-bond donors (Lipinski definition) is 2. The molecule has 0 aromatic carbocycles. The summed E-state index contributed by atoms with van der Waals surface area (Å²) < 4.78 is 44.4. The van der Waals surface area contributed by atoms with Crippen LogP contribution in [0, 0.1) is 0 Å². The number of aliphatic hydroxyl groups is 1. The maximum atomic E-state index is 11.7. The lowest BCUT2D eigenvalue weighted by molar-refractivity contribution is -0.176. The van der Waals surface area contributed by atoms with Crippen molar-refractivity contribution < 1.29 is 32.5 Å². The van der Waals surface area contributed by atoms with Crippen LogP contribution in [0.1, 0.15) is 12.8 Å². The Balaban J connectivity index is 2.16. The molecule has 1 amide bonds. The average Bonchev–Trinajstić information content (AvgIpc) is 2.26. The molecule has 0 unspecified atom stereocenters. The van der Waals surface area contributed by atoms with Crippen LogP contribution in [0.2, 0.25) is 0 Å². The summed E-state index contributed by atoms with van der Waals surface area (Å²) in [5.74, 6) is -0.681. The Morgan fingerprint density at radius 2 is 2.00 bits per heavy atom. The third-order valence-corrected chi connectivity index (χ3v) is 2.54. The van der Waals surface area contributed by atoms with Gasteiger partial charge in [-0.3, -0.25) is 4.79 Å². The number of halogens is 3. The van der Waals surface area contributed by atoms with Gasteiger partial charge in [0.25, 0.3) is 0 Å². The van der Waals surface area contributed by atoms with Crippen molar-refractivity contribution in [2.75, 3.05) is 33.0 Å². The van der Waals surface area contributed by atoms with Crippen molar-refractivity contribution in [1.82, 2.24) is 5.32 Å². The second-order valence-corrected chi connectivity index (χ2v) is 4.22. The van der Waals surface area contributed by atoms with Crippen molar-refractivity contribution in [3.05, 3.63) is 0 Å². The highest BCUT2D eigenvalue weighted by Crippen LogP contribution is 2.19. The first kappa shape index (κ1) is 15.2. The molecule has 1 fully saturated rings. The van der Waals surface area contributed by atoms with Gasteiger partial charge in [-0.25, -0.2) is 0 Å². The largest absolute Gasteiger partial charge is 0.411 e. The lowest BCUT2D eigenvalue weighted by atomic mass is 9.94. The van der Waals surface area contributed by atoms with Crippen LogP contribution in [0.15, 0.2) is 0 Å². The van der Waals surface area contributed by atoms with Crippen LogP contribution >= 0.6 is 0 Å². The number of ether oxygens (including phenoxy) is 2. The van der Waals surface area contributed by atoms with Gasteiger partial charge in [-0.1, -0.05) is 0 Å². The molecule has 0 radical (unpaired) electrons. The summed E-state index contributed by atoms with van der Waals surface area (Å²) in [6.45, 7) is -1.34. The first-order valence-corrected chi connectivity index (χ1v) is 5.52. The molecule has 2 N–H and O–H groups in total. The zero-order chi connectivity index (χ0) is 13.6. The molecule has 5 nitrogen and oxygen atoms in total. The van der Waals surface area contributed by atoms with Gasteiger partial charge in [-0.2, -0.15) is 13.2 Å². The van der Waals surface area contributed by atoms with Crippen molar-refractivity contribution in [3.8, 4) is 0 Å². The highest BCUT2D eigenvalue weighted by atomic mass is 19.4. The minimum absolute atomic E-state index is 0.00935. The minimum atomic E-state index is -4.45. The van der Waals surface area contributed by atoms with Gasteiger partial charge in [0.1, 0.15) is 13.2 Å². The normalized spacial score (nSPS) is 19.6. The van der Waals surface area contributed by atoms with Crippen LogP contribution in [0.5, 0.6) is 0 Å². The van der Waals surface area contributed by atoms with Gasteiger partial charge in [-0.05, 0) is 0 Å². The highest BCUT2D eigenvalue weighted by molar-refractivity contribution is 5.77. The summed E-state index contributed by atoms with van der Waals surface area (Å²) in [5, 5.41) is 12.3. The predicted octanol–water partition coefficient (Wildman–Crippen LogP) is 0.223. The molecular weight excluding hydrogens is 255 g/mol. The van der Waals surface area contributed by atoms with Crippen molar-refractivity contribution in [2.45, 2.75) is 24.6 Å². The van der Waals surface area contributed by atoms with E-state index < -0.39 is 30.9 Å². The molecule has 0 spiro atoms. The van der Waals surface area contributed by atoms with Crippen molar-refractivity contribution in [2.24, 2.45) is 0 Å². The second-order valence-electron chi connectivity index (χ2n) is 4.22. The highest BCUT2D eigenvalue weighted by Gasteiger charge is 2.30. The molecule has 1 heterocycles. The molecule has 0 aromatic rings. The summed E-state index contributed by atoms with van der Waals surface area (Å²) in [6.07, 6.45) is -3.67. The Morgan fingerprint density at radius 3 is 2.56 bits per heavy atom. The van der Waals surface area contributed by atoms with E-state index in [0.29, 0.717) is 26.1 Å². The molecule has 0 atom stereocenters. The molecule has 1 rings (SSSR count). The minimum Gasteiger partial charge on any atom is -0.388 e. The van der Waals surface area contributed by atoms with Crippen molar-refractivity contribution in [3.63, 3.8) is 0 Å².